The van der Waals surface area contributed by atoms with E-state index in [0.29, 0.717) is 0 Å². The van der Waals surface area contributed by atoms with Crippen molar-refractivity contribution < 1.29 is 36.2 Å². The molecule has 2 aromatic rings. The Morgan fingerprint density at radius 3 is 2.28 bits per heavy atom. The second-order valence-corrected chi connectivity index (χ2v) is 9.37. The molecule has 1 N–H and O–H groups in total. The van der Waals surface area contributed by atoms with Crippen LogP contribution in [0.2, 0.25) is 0 Å². The summed E-state index contributed by atoms with van der Waals surface area (Å²) in [6.07, 6.45) is -3.28. The number of alkyl halides is 3. The Kier molecular flexibility index (Phi) is 6.13. The van der Waals surface area contributed by atoms with E-state index in [4.69, 9.17) is 4.74 Å². The van der Waals surface area contributed by atoms with Crippen LogP contribution in [0.15, 0.2) is 40.6 Å². The normalized spacial score (nSPS) is 16.7. The largest absolute Gasteiger partial charge is 0.478 e. The Morgan fingerprint density at radius 1 is 1.10 bits per heavy atom. The maximum absolute atomic E-state index is 12.7. The molecule has 0 atom stereocenters. The standard InChI is InChI=1S/C18H16F3NO5S2/c19-18(20,21)13-3-1-12(2-4-13)11-14(17(23)24)15-5-6-16(28-15)29(25,26)22-7-9-27-10-8-22/h1-6,11H,7-10H2,(H,23,24)/b14-11+. The first-order valence-corrected chi connectivity index (χ1v) is 10.6. The van der Waals surface area contributed by atoms with Gasteiger partial charge < -0.3 is 9.84 Å². The molecule has 0 aliphatic carbocycles. The van der Waals surface area contributed by atoms with Crippen molar-refractivity contribution in [1.29, 1.82) is 0 Å². The number of hydrogen-bond donors (Lipinski definition) is 1. The minimum atomic E-state index is -4.49. The van der Waals surface area contributed by atoms with E-state index < -0.39 is 27.7 Å². The van der Waals surface area contributed by atoms with E-state index in [2.05, 4.69) is 0 Å². The van der Waals surface area contributed by atoms with E-state index in [9.17, 15) is 31.5 Å². The molecule has 1 aliphatic heterocycles. The number of thiophene rings is 1. The molecule has 6 nitrogen and oxygen atoms in total. The zero-order valence-electron chi connectivity index (χ0n) is 14.8. The minimum Gasteiger partial charge on any atom is -0.478 e. The van der Waals surface area contributed by atoms with Crippen LogP contribution in [0.3, 0.4) is 0 Å². The van der Waals surface area contributed by atoms with Crippen LogP contribution in [-0.2, 0) is 25.7 Å². The Balaban J connectivity index is 1.91. The second-order valence-electron chi connectivity index (χ2n) is 6.12. The number of carboxylic acid groups (broad SMARTS) is 1. The van der Waals surface area contributed by atoms with Crippen LogP contribution < -0.4 is 0 Å². The predicted molar refractivity (Wildman–Crippen MR) is 101 cm³/mol. The fourth-order valence-electron chi connectivity index (χ4n) is 2.69. The molecule has 0 bridgehead atoms. The van der Waals surface area contributed by atoms with Crippen molar-refractivity contribution in [2.45, 2.75) is 10.4 Å². The number of morpholine rings is 1. The SMILES string of the molecule is O=C(O)/C(=C/c1ccc(C(F)(F)F)cc1)c1ccc(S(=O)(=O)N2CCOCC2)s1. The molecule has 0 spiro atoms. The number of carbonyl (C=O) groups is 1. The molecular weight excluding hydrogens is 431 g/mol. The summed E-state index contributed by atoms with van der Waals surface area (Å²) in [6.45, 7) is 0.989. The zero-order chi connectivity index (χ0) is 21.2. The highest BCUT2D eigenvalue weighted by molar-refractivity contribution is 7.91. The first-order valence-electron chi connectivity index (χ1n) is 8.39. The van der Waals surface area contributed by atoms with Crippen molar-refractivity contribution in [3.8, 4) is 0 Å². The molecule has 29 heavy (non-hydrogen) atoms. The lowest BCUT2D eigenvalue weighted by Gasteiger charge is -2.25. The predicted octanol–water partition coefficient (Wildman–Crippen LogP) is 3.41. The van der Waals surface area contributed by atoms with E-state index in [-0.39, 0.29) is 46.5 Å². The molecule has 1 fully saturated rings. The number of sulfonamides is 1. The fourth-order valence-corrected chi connectivity index (χ4v) is 5.57. The molecule has 0 amide bonds. The lowest BCUT2D eigenvalue weighted by molar-refractivity contribution is -0.137. The molecule has 1 aliphatic rings. The van der Waals surface area contributed by atoms with Gasteiger partial charge in [0.2, 0.25) is 0 Å². The Morgan fingerprint density at radius 2 is 1.72 bits per heavy atom. The van der Waals surface area contributed by atoms with Crippen LogP contribution in [0.4, 0.5) is 13.2 Å². The average molecular weight is 447 g/mol. The van der Waals surface area contributed by atoms with Gasteiger partial charge in [-0.05, 0) is 35.9 Å². The van der Waals surface area contributed by atoms with Crippen LogP contribution in [0.1, 0.15) is 16.0 Å². The summed E-state index contributed by atoms with van der Waals surface area (Å²) in [5.74, 6) is -1.32. The number of nitrogens with zero attached hydrogens (tertiary/aromatic N) is 1. The lowest BCUT2D eigenvalue weighted by Crippen LogP contribution is -2.40. The molecular formula is C18H16F3NO5S2. The minimum absolute atomic E-state index is 0.00558. The van der Waals surface area contributed by atoms with Gasteiger partial charge in [0, 0.05) is 18.0 Å². The number of halogens is 3. The fraction of sp³-hybridized carbons (Fsp3) is 0.278. The van der Waals surface area contributed by atoms with Gasteiger partial charge in [0.05, 0.1) is 24.4 Å². The summed E-state index contributed by atoms with van der Waals surface area (Å²) in [5, 5.41) is 9.51. The maximum atomic E-state index is 12.7. The quantitative estimate of drug-likeness (QED) is 0.711. The van der Waals surface area contributed by atoms with Crippen molar-refractivity contribution >= 4 is 39.0 Å². The maximum Gasteiger partial charge on any atom is 0.416 e. The van der Waals surface area contributed by atoms with Gasteiger partial charge >= 0.3 is 12.1 Å². The molecule has 2 heterocycles. The van der Waals surface area contributed by atoms with E-state index in [1.807, 2.05) is 0 Å². The molecule has 3 rings (SSSR count). The lowest BCUT2D eigenvalue weighted by atomic mass is 10.1. The van der Waals surface area contributed by atoms with E-state index >= 15 is 0 Å². The van der Waals surface area contributed by atoms with E-state index in [0.717, 1.165) is 35.6 Å². The van der Waals surface area contributed by atoms with Gasteiger partial charge in [-0.25, -0.2) is 13.2 Å². The first-order chi connectivity index (χ1) is 13.6. The van der Waals surface area contributed by atoms with Gasteiger partial charge in [0.25, 0.3) is 10.0 Å². The highest BCUT2D eigenvalue weighted by Crippen LogP contribution is 2.32. The van der Waals surface area contributed by atoms with E-state index in [1.165, 1.54) is 22.5 Å². The number of rotatable bonds is 5. The van der Waals surface area contributed by atoms with Gasteiger partial charge in [0.1, 0.15) is 4.21 Å². The summed E-state index contributed by atoms with van der Waals surface area (Å²) >= 11 is 0.797. The van der Waals surface area contributed by atoms with Gasteiger partial charge in [-0.15, -0.1) is 11.3 Å². The molecule has 0 saturated carbocycles. The number of hydrogen-bond acceptors (Lipinski definition) is 5. The van der Waals surface area contributed by atoms with Crippen LogP contribution in [0, 0.1) is 0 Å². The Bertz CT molecular complexity index is 1020. The van der Waals surface area contributed by atoms with Crippen LogP contribution in [-0.4, -0.2) is 50.1 Å². The number of ether oxygens (including phenoxy) is 1. The molecule has 1 aromatic heterocycles. The summed E-state index contributed by atoms with van der Waals surface area (Å²) in [7, 11) is -3.77. The van der Waals surface area contributed by atoms with Crippen LogP contribution >= 0.6 is 11.3 Å². The first kappa shape index (κ1) is 21.5. The molecule has 0 radical (unpaired) electrons. The van der Waals surface area contributed by atoms with Crippen molar-refractivity contribution in [3.63, 3.8) is 0 Å². The summed E-state index contributed by atoms with van der Waals surface area (Å²) in [5.41, 5.74) is -0.805. The van der Waals surface area contributed by atoms with Gasteiger partial charge in [0.15, 0.2) is 0 Å². The number of aliphatic carboxylic acids is 1. The van der Waals surface area contributed by atoms with Crippen molar-refractivity contribution in [2.24, 2.45) is 0 Å². The van der Waals surface area contributed by atoms with Crippen LogP contribution in [0.5, 0.6) is 0 Å². The molecule has 1 aromatic carbocycles. The van der Waals surface area contributed by atoms with Gasteiger partial charge in [-0.2, -0.15) is 17.5 Å². The monoisotopic (exact) mass is 447 g/mol. The van der Waals surface area contributed by atoms with E-state index in [1.54, 1.807) is 0 Å². The third-order valence-electron chi connectivity index (χ3n) is 4.19. The molecule has 156 valence electrons. The molecule has 11 heteroatoms. The third kappa shape index (κ3) is 4.86. The summed E-state index contributed by atoms with van der Waals surface area (Å²) in [6, 6.07) is 6.73. The highest BCUT2D eigenvalue weighted by atomic mass is 32.2. The highest BCUT2D eigenvalue weighted by Gasteiger charge is 2.30. The third-order valence-corrected chi connectivity index (χ3v) is 7.68. The van der Waals surface area contributed by atoms with Gasteiger partial charge in [-0.1, -0.05) is 12.1 Å². The van der Waals surface area contributed by atoms with Crippen LogP contribution in [0.25, 0.3) is 11.6 Å². The topological polar surface area (TPSA) is 83.9 Å². The van der Waals surface area contributed by atoms with Crippen molar-refractivity contribution in [2.75, 3.05) is 26.3 Å². The average Bonchev–Trinajstić information content (AvgIpc) is 3.17. The number of benzene rings is 1. The molecule has 0 unspecified atom stereocenters. The zero-order valence-corrected chi connectivity index (χ0v) is 16.5. The second kappa shape index (κ2) is 8.27. The van der Waals surface area contributed by atoms with Crippen molar-refractivity contribution in [3.05, 3.63) is 52.4 Å². The Hall–Kier alpha value is -2.21. The smallest absolute Gasteiger partial charge is 0.416 e. The summed E-state index contributed by atoms with van der Waals surface area (Å²) in [4.78, 5) is 11.9. The Labute approximate surface area is 168 Å². The van der Waals surface area contributed by atoms with Gasteiger partial charge in [-0.3, -0.25) is 0 Å². The van der Waals surface area contributed by atoms with Crippen molar-refractivity contribution in [1.82, 2.24) is 4.31 Å². The molecule has 1 saturated heterocycles. The summed E-state index contributed by atoms with van der Waals surface area (Å²) < 4.78 is 69.8. The number of carboxylic acids is 1.